The molecule has 3 heteroatoms. The number of rotatable bonds is 2. The Hall–Kier alpha value is -1.74. The van der Waals surface area contributed by atoms with Crippen LogP contribution in [0.15, 0.2) is 36.4 Å². The summed E-state index contributed by atoms with van der Waals surface area (Å²) in [4.78, 5) is 1.74. The minimum Gasteiger partial charge on any atom is -0.508 e. The zero-order chi connectivity index (χ0) is 10.8. The molecule has 0 saturated carbocycles. The molecule has 0 aliphatic carbocycles. The van der Waals surface area contributed by atoms with Gasteiger partial charge in [0.25, 0.3) is 0 Å². The molecule has 2 aromatic rings. The first kappa shape index (κ1) is 9.80. The Kier molecular flexibility index (Phi) is 2.47. The zero-order valence-electron chi connectivity index (χ0n) is 8.51. The van der Waals surface area contributed by atoms with Gasteiger partial charge in [-0.2, -0.15) is 0 Å². The van der Waals surface area contributed by atoms with Crippen LogP contribution >= 0.6 is 0 Å². The molecule has 0 radical (unpaired) electrons. The number of phenols is 1. The second-order valence-electron chi connectivity index (χ2n) is 3.56. The maximum absolute atomic E-state index is 9.30. The van der Waals surface area contributed by atoms with Gasteiger partial charge in [-0.1, -0.05) is 12.1 Å². The summed E-state index contributed by atoms with van der Waals surface area (Å²) in [5.41, 5.74) is 0.954. The molecule has 0 bridgehead atoms. The zero-order valence-corrected chi connectivity index (χ0v) is 8.51. The average Bonchev–Trinajstić information content (AvgIpc) is 2.27. The minimum absolute atomic E-state index is 0.0103. The third-order valence-electron chi connectivity index (χ3n) is 2.46. The highest BCUT2D eigenvalue weighted by Gasteiger charge is 2.01. The van der Waals surface area contributed by atoms with Gasteiger partial charge in [0.15, 0.2) is 0 Å². The van der Waals surface area contributed by atoms with Crippen molar-refractivity contribution < 1.29 is 10.2 Å². The number of phenolic OH excluding ortho intramolecular Hbond substituents is 1. The van der Waals surface area contributed by atoms with Gasteiger partial charge < -0.3 is 15.1 Å². The molecular weight excluding hydrogens is 190 g/mol. The maximum Gasteiger partial charge on any atom is 0.116 e. The van der Waals surface area contributed by atoms with Gasteiger partial charge in [-0.05, 0) is 35.0 Å². The molecule has 2 N–H and O–H groups in total. The summed E-state index contributed by atoms with van der Waals surface area (Å²) in [7, 11) is 1.82. The van der Waals surface area contributed by atoms with Crippen LogP contribution in [-0.4, -0.2) is 24.0 Å². The van der Waals surface area contributed by atoms with E-state index in [2.05, 4.69) is 0 Å². The Labute approximate surface area is 88.2 Å². The van der Waals surface area contributed by atoms with Crippen LogP contribution in [0, 0.1) is 0 Å². The van der Waals surface area contributed by atoms with E-state index in [-0.39, 0.29) is 12.5 Å². The third kappa shape index (κ3) is 1.87. The first-order valence-electron chi connectivity index (χ1n) is 4.75. The highest BCUT2D eigenvalue weighted by molar-refractivity contribution is 5.87. The van der Waals surface area contributed by atoms with Crippen molar-refractivity contribution in [2.75, 3.05) is 18.7 Å². The van der Waals surface area contributed by atoms with Crippen LogP contribution in [0.25, 0.3) is 10.8 Å². The standard InChI is InChI=1S/C12H13NO2/c1-13(8-14)11-4-2-10-7-12(15)5-3-9(10)6-11/h2-7,14-15H,8H2,1H3. The second-order valence-corrected chi connectivity index (χ2v) is 3.56. The van der Waals surface area contributed by atoms with E-state index in [9.17, 15) is 5.11 Å². The number of hydrogen-bond acceptors (Lipinski definition) is 3. The summed E-state index contributed by atoms with van der Waals surface area (Å²) in [6.45, 7) is -0.0103. The molecule has 0 atom stereocenters. The second kappa shape index (κ2) is 3.79. The molecule has 0 amide bonds. The molecule has 2 rings (SSSR count). The Morgan fingerprint density at radius 1 is 1.07 bits per heavy atom. The van der Waals surface area contributed by atoms with Crippen LogP contribution in [0.2, 0.25) is 0 Å². The lowest BCUT2D eigenvalue weighted by Crippen LogP contribution is -2.17. The number of anilines is 1. The number of aliphatic hydroxyl groups excluding tert-OH is 1. The van der Waals surface area contributed by atoms with E-state index in [1.165, 1.54) is 0 Å². The van der Waals surface area contributed by atoms with E-state index >= 15 is 0 Å². The lowest BCUT2D eigenvalue weighted by Gasteiger charge is -2.16. The highest BCUT2D eigenvalue weighted by atomic mass is 16.3. The van der Waals surface area contributed by atoms with E-state index in [0.29, 0.717) is 0 Å². The first-order chi connectivity index (χ1) is 7.20. The fraction of sp³-hybridized carbons (Fsp3) is 0.167. The molecule has 0 aromatic heterocycles. The predicted octanol–water partition coefficient (Wildman–Crippen LogP) is 1.93. The van der Waals surface area contributed by atoms with Crippen molar-refractivity contribution >= 4 is 16.5 Å². The van der Waals surface area contributed by atoms with Crippen LogP contribution in [0.5, 0.6) is 5.75 Å². The van der Waals surface area contributed by atoms with Gasteiger partial charge >= 0.3 is 0 Å². The lowest BCUT2D eigenvalue weighted by atomic mass is 10.1. The van der Waals surface area contributed by atoms with Gasteiger partial charge in [0, 0.05) is 12.7 Å². The normalized spacial score (nSPS) is 10.5. The number of nitrogens with zero attached hydrogens (tertiary/aromatic N) is 1. The number of hydrogen-bond donors (Lipinski definition) is 2. The topological polar surface area (TPSA) is 43.7 Å². The van der Waals surface area contributed by atoms with Crippen molar-refractivity contribution in [3.05, 3.63) is 36.4 Å². The molecule has 15 heavy (non-hydrogen) atoms. The number of fused-ring (bicyclic) bond motifs is 1. The largest absolute Gasteiger partial charge is 0.508 e. The number of aromatic hydroxyl groups is 1. The average molecular weight is 203 g/mol. The maximum atomic E-state index is 9.30. The summed E-state index contributed by atoms with van der Waals surface area (Å²) in [5, 5.41) is 20.3. The van der Waals surface area contributed by atoms with Gasteiger partial charge in [-0.3, -0.25) is 0 Å². The molecule has 0 heterocycles. The van der Waals surface area contributed by atoms with E-state index in [0.717, 1.165) is 16.5 Å². The number of benzene rings is 2. The first-order valence-corrected chi connectivity index (χ1v) is 4.75. The van der Waals surface area contributed by atoms with Crippen molar-refractivity contribution in [3.8, 4) is 5.75 Å². The van der Waals surface area contributed by atoms with Gasteiger partial charge in [0.2, 0.25) is 0 Å². The summed E-state index contributed by atoms with van der Waals surface area (Å²) in [6.07, 6.45) is 0. The summed E-state index contributed by atoms with van der Waals surface area (Å²) in [5.74, 6) is 0.269. The molecule has 0 spiro atoms. The van der Waals surface area contributed by atoms with Gasteiger partial charge in [0.05, 0.1) is 0 Å². The Morgan fingerprint density at radius 2 is 1.73 bits per heavy atom. The quantitative estimate of drug-likeness (QED) is 0.733. The molecule has 0 saturated heterocycles. The SMILES string of the molecule is CN(CO)c1ccc2cc(O)ccc2c1. The van der Waals surface area contributed by atoms with Gasteiger partial charge in [-0.25, -0.2) is 0 Å². The van der Waals surface area contributed by atoms with Crippen molar-refractivity contribution in [2.45, 2.75) is 0 Å². The van der Waals surface area contributed by atoms with Crippen LogP contribution in [0.4, 0.5) is 5.69 Å². The molecule has 0 aliphatic heterocycles. The van der Waals surface area contributed by atoms with Crippen molar-refractivity contribution in [3.63, 3.8) is 0 Å². The third-order valence-corrected chi connectivity index (χ3v) is 2.46. The van der Waals surface area contributed by atoms with E-state index in [1.54, 1.807) is 17.0 Å². The number of aliphatic hydroxyl groups is 1. The van der Waals surface area contributed by atoms with Crippen LogP contribution in [0.3, 0.4) is 0 Å². The molecule has 0 unspecified atom stereocenters. The van der Waals surface area contributed by atoms with Crippen molar-refractivity contribution in [2.24, 2.45) is 0 Å². The predicted molar refractivity (Wildman–Crippen MR) is 61.1 cm³/mol. The fourth-order valence-corrected chi connectivity index (χ4v) is 1.54. The fourth-order valence-electron chi connectivity index (χ4n) is 1.54. The van der Waals surface area contributed by atoms with Gasteiger partial charge in [0.1, 0.15) is 12.5 Å². The van der Waals surface area contributed by atoms with Crippen LogP contribution < -0.4 is 4.90 Å². The molecule has 78 valence electrons. The summed E-state index contributed by atoms with van der Waals surface area (Å²) < 4.78 is 0. The van der Waals surface area contributed by atoms with E-state index < -0.39 is 0 Å². The minimum atomic E-state index is -0.0103. The highest BCUT2D eigenvalue weighted by Crippen LogP contribution is 2.24. The molecule has 2 aromatic carbocycles. The van der Waals surface area contributed by atoms with Gasteiger partial charge in [-0.15, -0.1) is 0 Å². The smallest absolute Gasteiger partial charge is 0.116 e. The van der Waals surface area contributed by atoms with Crippen LogP contribution in [0.1, 0.15) is 0 Å². The van der Waals surface area contributed by atoms with E-state index in [1.807, 2.05) is 31.3 Å². The molecule has 0 fully saturated rings. The lowest BCUT2D eigenvalue weighted by molar-refractivity contribution is 0.298. The summed E-state index contributed by atoms with van der Waals surface area (Å²) >= 11 is 0. The van der Waals surface area contributed by atoms with Crippen molar-refractivity contribution in [1.82, 2.24) is 0 Å². The molecule has 3 nitrogen and oxygen atoms in total. The molecule has 0 aliphatic rings. The Bertz CT molecular complexity index is 482. The monoisotopic (exact) mass is 203 g/mol. The molecular formula is C12H13NO2. The van der Waals surface area contributed by atoms with Crippen molar-refractivity contribution in [1.29, 1.82) is 0 Å². The Morgan fingerprint density at radius 3 is 2.47 bits per heavy atom. The summed E-state index contributed by atoms with van der Waals surface area (Å²) in [6, 6.07) is 11.1. The van der Waals surface area contributed by atoms with Crippen LogP contribution in [-0.2, 0) is 0 Å². The Balaban J connectivity index is 2.52. The van der Waals surface area contributed by atoms with E-state index in [4.69, 9.17) is 5.11 Å².